The highest BCUT2D eigenvalue weighted by molar-refractivity contribution is 6.02. The number of carbonyl (C=O) groups excluding carboxylic acids is 1. The van der Waals surface area contributed by atoms with Gasteiger partial charge in [0, 0.05) is 24.2 Å². The lowest BCUT2D eigenvalue weighted by molar-refractivity contribution is -0.129. The number of ether oxygens (including phenoxy) is 1. The molecule has 0 aromatic heterocycles. The van der Waals surface area contributed by atoms with Crippen molar-refractivity contribution in [2.24, 2.45) is 5.92 Å². The summed E-state index contributed by atoms with van der Waals surface area (Å²) >= 11 is 0. The molecule has 1 saturated heterocycles. The number of anilines is 1. The minimum atomic E-state index is -1.01. The van der Waals surface area contributed by atoms with Crippen molar-refractivity contribution in [3.63, 3.8) is 0 Å². The Kier molecular flexibility index (Phi) is 6.96. The molecule has 0 saturated carbocycles. The van der Waals surface area contributed by atoms with Crippen molar-refractivity contribution >= 4 is 22.4 Å². The summed E-state index contributed by atoms with van der Waals surface area (Å²) in [6, 6.07) is 19.6. The van der Waals surface area contributed by atoms with Crippen LogP contribution in [0.25, 0.3) is 10.8 Å². The van der Waals surface area contributed by atoms with Crippen LogP contribution < -0.4 is 10.1 Å². The third-order valence-electron chi connectivity index (χ3n) is 6.17. The van der Waals surface area contributed by atoms with E-state index in [1.54, 1.807) is 12.1 Å². The number of nitrogens with zero attached hydrogens (tertiary/aromatic N) is 1. The summed E-state index contributed by atoms with van der Waals surface area (Å²) in [5.74, 6) is 0.345. The van der Waals surface area contributed by atoms with Crippen molar-refractivity contribution in [3.8, 4) is 5.75 Å². The van der Waals surface area contributed by atoms with Crippen molar-refractivity contribution in [1.29, 1.82) is 0 Å². The number of likely N-dealkylation sites (tertiary alicyclic amines) is 1. The van der Waals surface area contributed by atoms with E-state index in [0.717, 1.165) is 16.5 Å². The van der Waals surface area contributed by atoms with Crippen LogP contribution in [0.4, 0.5) is 10.1 Å². The lowest BCUT2D eigenvalue weighted by atomic mass is 9.81. The van der Waals surface area contributed by atoms with Crippen LogP contribution in [0.1, 0.15) is 26.7 Å². The first-order valence-electron chi connectivity index (χ1n) is 11.5. The van der Waals surface area contributed by atoms with Crippen molar-refractivity contribution in [2.75, 3.05) is 25.0 Å². The molecule has 2 atom stereocenters. The van der Waals surface area contributed by atoms with Gasteiger partial charge in [-0.25, -0.2) is 4.39 Å². The first kappa shape index (κ1) is 23.2. The molecule has 0 unspecified atom stereocenters. The molecule has 4 rings (SSSR count). The Morgan fingerprint density at radius 3 is 2.64 bits per heavy atom. The topological polar surface area (TPSA) is 61.8 Å². The van der Waals surface area contributed by atoms with E-state index in [-0.39, 0.29) is 24.2 Å². The number of hydrogen-bond acceptors (Lipinski definition) is 4. The minimum absolute atomic E-state index is 0.110. The number of halogens is 1. The minimum Gasteiger partial charge on any atom is -0.486 e. The predicted octanol–water partition coefficient (Wildman–Crippen LogP) is 4.85. The molecular weight excluding hydrogens is 419 g/mol. The van der Waals surface area contributed by atoms with Gasteiger partial charge in [-0.05, 0) is 54.5 Å². The summed E-state index contributed by atoms with van der Waals surface area (Å²) < 4.78 is 19.4. The molecule has 174 valence electrons. The average molecular weight is 451 g/mol. The number of aliphatic hydroxyl groups is 1. The zero-order valence-electron chi connectivity index (χ0n) is 19.1. The summed E-state index contributed by atoms with van der Waals surface area (Å²) in [5.41, 5.74) is -0.226. The summed E-state index contributed by atoms with van der Waals surface area (Å²) in [4.78, 5) is 14.9. The van der Waals surface area contributed by atoms with E-state index < -0.39 is 11.7 Å². The highest BCUT2D eigenvalue weighted by atomic mass is 19.1. The van der Waals surface area contributed by atoms with Gasteiger partial charge in [0.25, 0.3) is 0 Å². The number of nitrogens with one attached hydrogen (secondary N) is 1. The maximum Gasteiger partial charge on any atom is 0.238 e. The van der Waals surface area contributed by atoms with Gasteiger partial charge in [-0.2, -0.15) is 0 Å². The van der Waals surface area contributed by atoms with Gasteiger partial charge >= 0.3 is 0 Å². The Balaban J connectivity index is 1.45. The fraction of sp³-hybridized carbons (Fsp3) is 0.370. The smallest absolute Gasteiger partial charge is 0.238 e. The van der Waals surface area contributed by atoms with E-state index in [4.69, 9.17) is 4.74 Å². The summed E-state index contributed by atoms with van der Waals surface area (Å²) in [7, 11) is 0. The molecular formula is C27H31FN2O3. The van der Waals surface area contributed by atoms with Crippen molar-refractivity contribution in [2.45, 2.75) is 38.4 Å². The number of hydrogen-bond donors (Lipinski definition) is 2. The third-order valence-corrected chi connectivity index (χ3v) is 6.17. The Hall–Kier alpha value is -2.96. The maximum absolute atomic E-state index is 13.3. The van der Waals surface area contributed by atoms with E-state index in [1.165, 1.54) is 12.1 Å². The summed E-state index contributed by atoms with van der Waals surface area (Å²) in [6.07, 6.45) is 0.567. The van der Waals surface area contributed by atoms with Crippen molar-refractivity contribution in [1.82, 2.24) is 4.90 Å². The Labute approximate surface area is 194 Å². The number of benzene rings is 3. The van der Waals surface area contributed by atoms with Crippen molar-refractivity contribution in [3.05, 3.63) is 72.5 Å². The van der Waals surface area contributed by atoms with Crippen LogP contribution in [0.15, 0.2) is 66.7 Å². The molecule has 6 heteroatoms. The molecule has 33 heavy (non-hydrogen) atoms. The molecule has 1 fully saturated rings. The Morgan fingerprint density at radius 1 is 1.15 bits per heavy atom. The van der Waals surface area contributed by atoms with Crippen molar-refractivity contribution < 1.29 is 19.0 Å². The molecule has 0 spiro atoms. The second-order valence-electron chi connectivity index (χ2n) is 9.32. The molecule has 0 radical (unpaired) electrons. The standard InChI is InChI=1S/C27H31FN2O3/c1-19(2)16-27(32)14-15-30(17-25(27)33-22-12-10-21(28)11-13-22)18-26(31)29-24-9-5-7-20-6-3-4-8-23(20)24/h3-13,19,25,32H,14-18H2,1-2H3,(H,29,31)/t25-,27+/m0/s1. The van der Waals surface area contributed by atoms with Crippen LogP contribution >= 0.6 is 0 Å². The van der Waals surface area contributed by atoms with E-state index >= 15 is 0 Å². The monoisotopic (exact) mass is 450 g/mol. The second kappa shape index (κ2) is 9.89. The molecule has 5 nitrogen and oxygen atoms in total. The van der Waals surface area contributed by atoms with Gasteiger partial charge in [0.15, 0.2) is 0 Å². The molecule has 1 heterocycles. The Morgan fingerprint density at radius 2 is 1.88 bits per heavy atom. The molecule has 3 aromatic carbocycles. The van der Waals surface area contributed by atoms with E-state index in [9.17, 15) is 14.3 Å². The second-order valence-corrected chi connectivity index (χ2v) is 9.32. The highest BCUT2D eigenvalue weighted by Crippen LogP contribution is 2.32. The van der Waals surface area contributed by atoms with Gasteiger partial charge in [-0.1, -0.05) is 50.2 Å². The molecule has 0 bridgehead atoms. The molecule has 1 aliphatic rings. The van der Waals surface area contributed by atoms with Crippen LogP contribution in [0.2, 0.25) is 0 Å². The molecule has 3 aromatic rings. The quantitative estimate of drug-likeness (QED) is 0.540. The molecule has 2 N–H and O–H groups in total. The average Bonchev–Trinajstić information content (AvgIpc) is 2.77. The number of amides is 1. The largest absolute Gasteiger partial charge is 0.486 e. The lowest BCUT2D eigenvalue weighted by Gasteiger charge is -2.45. The van der Waals surface area contributed by atoms with Gasteiger partial charge in [-0.15, -0.1) is 0 Å². The normalized spacial score (nSPS) is 21.3. The molecule has 0 aliphatic carbocycles. The third kappa shape index (κ3) is 5.70. The molecule has 1 aliphatic heterocycles. The van der Waals surface area contributed by atoms with Gasteiger partial charge in [0.2, 0.25) is 5.91 Å². The van der Waals surface area contributed by atoms with Crippen LogP contribution in [0.3, 0.4) is 0 Å². The fourth-order valence-electron chi connectivity index (χ4n) is 4.64. The van der Waals surface area contributed by atoms with Crippen LogP contribution in [0, 0.1) is 11.7 Å². The first-order valence-corrected chi connectivity index (χ1v) is 11.5. The molecule has 1 amide bonds. The van der Waals surface area contributed by atoms with Crippen LogP contribution in [0.5, 0.6) is 5.75 Å². The van der Waals surface area contributed by atoms with Crippen LogP contribution in [-0.4, -0.2) is 47.3 Å². The summed E-state index contributed by atoms with van der Waals surface area (Å²) in [5, 5.41) is 16.5. The number of piperidine rings is 1. The Bertz CT molecular complexity index is 1100. The van der Waals surface area contributed by atoms with Crippen LogP contribution in [-0.2, 0) is 4.79 Å². The lowest BCUT2D eigenvalue weighted by Crippen LogP contribution is -2.59. The van der Waals surface area contributed by atoms with E-state index in [1.807, 2.05) is 47.4 Å². The zero-order chi connectivity index (χ0) is 23.4. The predicted molar refractivity (Wildman–Crippen MR) is 129 cm³/mol. The van der Waals surface area contributed by atoms with Gasteiger partial charge in [0.1, 0.15) is 23.3 Å². The maximum atomic E-state index is 13.3. The highest BCUT2D eigenvalue weighted by Gasteiger charge is 2.43. The number of rotatable bonds is 7. The number of carbonyl (C=O) groups is 1. The summed E-state index contributed by atoms with van der Waals surface area (Å²) in [6.45, 7) is 5.33. The van der Waals surface area contributed by atoms with Gasteiger partial charge < -0.3 is 15.2 Å². The van der Waals surface area contributed by atoms with E-state index in [0.29, 0.717) is 31.7 Å². The number of fused-ring (bicyclic) bond motifs is 1. The van der Waals surface area contributed by atoms with Gasteiger partial charge in [0.05, 0.1) is 6.54 Å². The zero-order valence-corrected chi connectivity index (χ0v) is 19.1. The first-order chi connectivity index (χ1) is 15.8. The van der Waals surface area contributed by atoms with Gasteiger partial charge in [-0.3, -0.25) is 9.69 Å². The fourth-order valence-corrected chi connectivity index (χ4v) is 4.64. The van der Waals surface area contributed by atoms with E-state index in [2.05, 4.69) is 19.2 Å². The SMILES string of the molecule is CC(C)C[C@]1(O)CCN(CC(=O)Nc2cccc3ccccc23)C[C@@H]1Oc1ccc(F)cc1.